The summed E-state index contributed by atoms with van der Waals surface area (Å²) in [5.74, 6) is -0.987. The van der Waals surface area contributed by atoms with Gasteiger partial charge >= 0.3 is 0 Å². The van der Waals surface area contributed by atoms with Crippen LogP contribution in [0.25, 0.3) is 0 Å². The van der Waals surface area contributed by atoms with Crippen LogP contribution in [0.3, 0.4) is 0 Å². The van der Waals surface area contributed by atoms with Gasteiger partial charge in [0.05, 0.1) is 10.8 Å². The number of amides is 1. The normalized spacial score (nSPS) is 16.3. The predicted octanol–water partition coefficient (Wildman–Crippen LogP) is 1.03. The summed E-state index contributed by atoms with van der Waals surface area (Å²) in [5.41, 5.74) is 0.00658. The molecule has 1 fully saturated rings. The Morgan fingerprint density at radius 3 is 2.50 bits per heavy atom. The first-order valence-corrected chi connectivity index (χ1v) is 9.07. The van der Waals surface area contributed by atoms with Crippen molar-refractivity contribution in [1.29, 1.82) is 0 Å². The Morgan fingerprint density at radius 1 is 1.25 bits per heavy atom. The van der Waals surface area contributed by atoms with E-state index in [1.165, 1.54) is 34.0 Å². The molecule has 0 bridgehead atoms. The molecule has 7 nitrogen and oxygen atoms in total. The smallest absolute Gasteiger partial charge is 0.256 e. The van der Waals surface area contributed by atoms with Crippen LogP contribution in [0.4, 0.5) is 4.39 Å². The Kier molecular flexibility index (Phi) is 4.35. The minimum Gasteiger partial charge on any atom is -0.338 e. The molecule has 0 N–H and O–H groups in total. The van der Waals surface area contributed by atoms with Crippen molar-refractivity contribution < 1.29 is 17.6 Å². The van der Waals surface area contributed by atoms with Gasteiger partial charge < -0.3 is 9.47 Å². The van der Waals surface area contributed by atoms with Gasteiger partial charge in [-0.1, -0.05) is 12.1 Å². The van der Waals surface area contributed by atoms with Crippen LogP contribution in [0.15, 0.2) is 35.7 Å². The molecule has 1 saturated heterocycles. The van der Waals surface area contributed by atoms with Crippen LogP contribution in [-0.4, -0.2) is 52.3 Å². The van der Waals surface area contributed by atoms with Crippen molar-refractivity contribution in [3.05, 3.63) is 42.0 Å². The van der Waals surface area contributed by atoms with Crippen molar-refractivity contribution in [3.63, 3.8) is 0 Å². The summed E-state index contributed by atoms with van der Waals surface area (Å²) in [6.07, 6.45) is 1.91. The number of sulfone groups is 1. The van der Waals surface area contributed by atoms with Gasteiger partial charge in [0.2, 0.25) is 15.0 Å². The maximum Gasteiger partial charge on any atom is 0.256 e. The first-order valence-electron chi connectivity index (χ1n) is 7.53. The van der Waals surface area contributed by atoms with Crippen molar-refractivity contribution in [2.45, 2.75) is 23.2 Å². The zero-order valence-electron chi connectivity index (χ0n) is 13.1. The third-order valence-corrected chi connectivity index (χ3v) is 6.42. The highest BCUT2D eigenvalue weighted by atomic mass is 32.2. The molecule has 1 aliphatic rings. The van der Waals surface area contributed by atoms with E-state index in [0.717, 1.165) is 0 Å². The molecule has 1 aromatic heterocycles. The van der Waals surface area contributed by atoms with Gasteiger partial charge in [0.15, 0.2) is 0 Å². The minimum absolute atomic E-state index is 0.00658. The molecule has 1 aromatic carbocycles. The number of rotatable bonds is 3. The second-order valence-electron chi connectivity index (χ2n) is 5.74. The largest absolute Gasteiger partial charge is 0.338 e. The molecule has 2 heterocycles. The van der Waals surface area contributed by atoms with Crippen LogP contribution in [0.1, 0.15) is 23.2 Å². The first-order chi connectivity index (χ1) is 11.4. The molecule has 1 aliphatic heterocycles. The van der Waals surface area contributed by atoms with Gasteiger partial charge in [-0.15, -0.1) is 10.2 Å². The minimum atomic E-state index is -3.59. The molecule has 1 amide bonds. The average molecular weight is 352 g/mol. The standard InChI is InChI=1S/C15H17FN4O3S/c1-19-10-17-18-15(19)24(22,23)11-6-8-20(9-7-11)14(21)12-4-2-3-5-13(12)16/h2-5,10-11H,6-9H2,1H3. The molecule has 2 aromatic rings. The number of aromatic nitrogens is 3. The number of carbonyl (C=O) groups is 1. The van der Waals surface area contributed by atoms with Gasteiger partial charge in [0, 0.05) is 20.1 Å². The molecule has 0 unspecified atom stereocenters. The molecule has 0 aliphatic carbocycles. The number of hydrogen-bond donors (Lipinski definition) is 0. The Morgan fingerprint density at radius 2 is 1.92 bits per heavy atom. The molecule has 3 rings (SSSR count). The second-order valence-corrected chi connectivity index (χ2v) is 7.86. The van der Waals surface area contributed by atoms with Crippen LogP contribution in [-0.2, 0) is 16.9 Å². The fraction of sp³-hybridized carbons (Fsp3) is 0.400. The number of hydrogen-bond acceptors (Lipinski definition) is 5. The molecule has 0 atom stereocenters. The molecular formula is C15H17FN4O3S. The van der Waals surface area contributed by atoms with Gasteiger partial charge in [-0.25, -0.2) is 12.8 Å². The summed E-state index contributed by atoms with van der Waals surface area (Å²) < 4.78 is 40.3. The third-order valence-electron chi connectivity index (χ3n) is 4.20. The average Bonchev–Trinajstić information content (AvgIpc) is 3.02. The lowest BCUT2D eigenvalue weighted by atomic mass is 10.1. The molecule has 0 saturated carbocycles. The Balaban J connectivity index is 1.71. The third kappa shape index (κ3) is 2.91. The van der Waals surface area contributed by atoms with E-state index in [1.54, 1.807) is 13.1 Å². The van der Waals surface area contributed by atoms with E-state index in [9.17, 15) is 17.6 Å². The van der Waals surface area contributed by atoms with E-state index in [0.29, 0.717) is 0 Å². The van der Waals surface area contributed by atoms with Crippen LogP contribution in [0, 0.1) is 5.82 Å². The highest BCUT2D eigenvalue weighted by molar-refractivity contribution is 7.91. The molecular weight excluding hydrogens is 335 g/mol. The van der Waals surface area contributed by atoms with E-state index in [4.69, 9.17) is 0 Å². The van der Waals surface area contributed by atoms with Gasteiger partial charge in [0.1, 0.15) is 12.1 Å². The maximum absolute atomic E-state index is 13.7. The number of halogens is 1. The number of aryl methyl sites for hydroxylation is 1. The van der Waals surface area contributed by atoms with E-state index >= 15 is 0 Å². The molecule has 128 valence electrons. The van der Waals surface area contributed by atoms with E-state index < -0.39 is 26.8 Å². The van der Waals surface area contributed by atoms with Crippen molar-refractivity contribution in [2.24, 2.45) is 7.05 Å². The van der Waals surface area contributed by atoms with Gasteiger partial charge in [-0.3, -0.25) is 4.79 Å². The predicted molar refractivity (Wildman–Crippen MR) is 83.5 cm³/mol. The fourth-order valence-electron chi connectivity index (χ4n) is 2.85. The van der Waals surface area contributed by atoms with Gasteiger partial charge in [0.25, 0.3) is 5.91 Å². The highest BCUT2D eigenvalue weighted by Gasteiger charge is 2.35. The lowest BCUT2D eigenvalue weighted by Gasteiger charge is -2.31. The summed E-state index contributed by atoms with van der Waals surface area (Å²) in [4.78, 5) is 13.9. The number of piperidine rings is 1. The number of benzene rings is 1. The first kappa shape index (κ1) is 16.6. The second kappa shape index (κ2) is 6.31. The summed E-state index contributed by atoms with van der Waals surface area (Å²) in [7, 11) is -2.02. The Hall–Kier alpha value is -2.29. The molecule has 0 radical (unpaired) electrons. The van der Waals surface area contributed by atoms with Crippen LogP contribution in [0.5, 0.6) is 0 Å². The highest BCUT2D eigenvalue weighted by Crippen LogP contribution is 2.24. The topological polar surface area (TPSA) is 85.2 Å². The Bertz CT molecular complexity index is 857. The van der Waals surface area contributed by atoms with E-state index in [-0.39, 0.29) is 36.7 Å². The van der Waals surface area contributed by atoms with Gasteiger partial charge in [-0.05, 0) is 25.0 Å². The maximum atomic E-state index is 13.7. The summed E-state index contributed by atoms with van der Waals surface area (Å²) >= 11 is 0. The molecule has 0 spiro atoms. The number of likely N-dealkylation sites (tertiary alicyclic amines) is 1. The van der Waals surface area contributed by atoms with Crippen molar-refractivity contribution in [2.75, 3.05) is 13.1 Å². The Labute approximate surface area is 139 Å². The molecule has 9 heteroatoms. The van der Waals surface area contributed by atoms with E-state index in [2.05, 4.69) is 10.2 Å². The van der Waals surface area contributed by atoms with Crippen molar-refractivity contribution in [3.8, 4) is 0 Å². The van der Waals surface area contributed by atoms with Crippen LogP contribution >= 0.6 is 0 Å². The lowest BCUT2D eigenvalue weighted by molar-refractivity contribution is 0.0721. The molecule has 24 heavy (non-hydrogen) atoms. The SMILES string of the molecule is Cn1cnnc1S(=O)(=O)C1CCN(C(=O)c2ccccc2F)CC1. The van der Waals surface area contributed by atoms with Crippen LogP contribution in [0.2, 0.25) is 0 Å². The summed E-state index contributed by atoms with van der Waals surface area (Å²) in [5, 5.41) is 6.59. The fourth-order valence-corrected chi connectivity index (χ4v) is 4.59. The van der Waals surface area contributed by atoms with Crippen molar-refractivity contribution >= 4 is 15.7 Å². The van der Waals surface area contributed by atoms with E-state index in [1.807, 2.05) is 0 Å². The monoisotopic (exact) mass is 352 g/mol. The zero-order valence-corrected chi connectivity index (χ0v) is 13.9. The van der Waals surface area contributed by atoms with Crippen molar-refractivity contribution in [1.82, 2.24) is 19.7 Å². The van der Waals surface area contributed by atoms with Crippen LogP contribution < -0.4 is 0 Å². The number of carbonyl (C=O) groups excluding carboxylic acids is 1. The number of nitrogens with zero attached hydrogens (tertiary/aromatic N) is 4. The van der Waals surface area contributed by atoms with Gasteiger partial charge in [-0.2, -0.15) is 0 Å². The summed E-state index contributed by atoms with van der Waals surface area (Å²) in [6, 6.07) is 5.78. The summed E-state index contributed by atoms with van der Waals surface area (Å²) in [6.45, 7) is 0.518. The zero-order chi connectivity index (χ0) is 17.3. The lowest BCUT2D eigenvalue weighted by Crippen LogP contribution is -2.43. The quantitative estimate of drug-likeness (QED) is 0.824.